The summed E-state index contributed by atoms with van der Waals surface area (Å²) >= 11 is 5.74. The molecule has 0 amide bonds. The van der Waals surface area contributed by atoms with Crippen LogP contribution in [0.25, 0.3) is 11.1 Å². The molecule has 2 rings (SSSR count). The molecule has 1 nitrogen and oxygen atoms in total. The number of halogens is 2. The fourth-order valence-corrected chi connectivity index (χ4v) is 1.71. The SMILES string of the molecule is O=Cc1ccc(-c2ccccc2)c(F)c1Cl. The Labute approximate surface area is 97.5 Å². The lowest BCUT2D eigenvalue weighted by atomic mass is 10.0. The molecule has 0 saturated heterocycles. The van der Waals surface area contributed by atoms with Gasteiger partial charge in [-0.2, -0.15) is 0 Å². The zero-order chi connectivity index (χ0) is 11.5. The molecular formula is C13H8ClFO. The summed E-state index contributed by atoms with van der Waals surface area (Å²) in [5, 5.41) is -0.128. The lowest BCUT2D eigenvalue weighted by Crippen LogP contribution is -1.90. The fraction of sp³-hybridized carbons (Fsp3) is 0. The molecule has 0 unspecified atom stereocenters. The zero-order valence-electron chi connectivity index (χ0n) is 8.28. The lowest BCUT2D eigenvalue weighted by Gasteiger charge is -2.06. The molecule has 0 atom stereocenters. The maximum atomic E-state index is 13.8. The van der Waals surface area contributed by atoms with Crippen LogP contribution in [0.3, 0.4) is 0 Å². The quantitative estimate of drug-likeness (QED) is 0.719. The number of carbonyl (C=O) groups excluding carboxylic acids is 1. The van der Waals surface area contributed by atoms with Gasteiger partial charge in [-0.05, 0) is 11.6 Å². The van der Waals surface area contributed by atoms with E-state index in [1.165, 1.54) is 6.07 Å². The summed E-state index contributed by atoms with van der Waals surface area (Å²) in [6.45, 7) is 0. The predicted molar refractivity (Wildman–Crippen MR) is 62.2 cm³/mol. The van der Waals surface area contributed by atoms with Crippen molar-refractivity contribution in [2.45, 2.75) is 0 Å². The number of aldehydes is 1. The highest BCUT2D eigenvalue weighted by Gasteiger charge is 2.12. The first kappa shape index (κ1) is 10.8. The largest absolute Gasteiger partial charge is 0.298 e. The monoisotopic (exact) mass is 234 g/mol. The summed E-state index contributed by atoms with van der Waals surface area (Å²) < 4.78 is 13.8. The van der Waals surface area contributed by atoms with Crippen LogP contribution in [0.5, 0.6) is 0 Å². The maximum Gasteiger partial charge on any atom is 0.151 e. The van der Waals surface area contributed by atoms with Gasteiger partial charge < -0.3 is 0 Å². The molecule has 0 bridgehead atoms. The Bertz CT molecular complexity index is 523. The first-order valence-electron chi connectivity index (χ1n) is 4.72. The number of hydrogen-bond acceptors (Lipinski definition) is 1. The van der Waals surface area contributed by atoms with Crippen LogP contribution in [0.4, 0.5) is 4.39 Å². The molecule has 2 aromatic carbocycles. The van der Waals surface area contributed by atoms with Crippen molar-refractivity contribution in [3.05, 3.63) is 58.9 Å². The maximum absolute atomic E-state index is 13.8. The lowest BCUT2D eigenvalue weighted by molar-refractivity contribution is 0.112. The van der Waals surface area contributed by atoms with Crippen LogP contribution in [0, 0.1) is 5.82 Å². The topological polar surface area (TPSA) is 17.1 Å². The van der Waals surface area contributed by atoms with Crippen molar-refractivity contribution < 1.29 is 9.18 Å². The third-order valence-corrected chi connectivity index (χ3v) is 2.71. The van der Waals surface area contributed by atoms with Gasteiger partial charge in [0.1, 0.15) is 5.82 Å². The number of hydrogen-bond donors (Lipinski definition) is 0. The third-order valence-electron chi connectivity index (χ3n) is 2.32. The smallest absolute Gasteiger partial charge is 0.151 e. The molecule has 0 radical (unpaired) electrons. The van der Waals surface area contributed by atoms with Crippen LogP contribution in [0.2, 0.25) is 5.02 Å². The van der Waals surface area contributed by atoms with Gasteiger partial charge in [0.2, 0.25) is 0 Å². The van der Waals surface area contributed by atoms with E-state index in [2.05, 4.69) is 0 Å². The molecule has 0 saturated carbocycles. The van der Waals surface area contributed by atoms with E-state index >= 15 is 0 Å². The molecule has 0 aliphatic rings. The van der Waals surface area contributed by atoms with Crippen LogP contribution >= 0.6 is 11.6 Å². The molecule has 0 aliphatic heterocycles. The second-order valence-corrected chi connectivity index (χ2v) is 3.69. The van der Waals surface area contributed by atoms with Crippen molar-refractivity contribution in [1.82, 2.24) is 0 Å². The predicted octanol–water partition coefficient (Wildman–Crippen LogP) is 3.96. The Morgan fingerprint density at radius 1 is 1.06 bits per heavy atom. The van der Waals surface area contributed by atoms with Gasteiger partial charge in [0.05, 0.1) is 5.02 Å². The van der Waals surface area contributed by atoms with Gasteiger partial charge in [-0.3, -0.25) is 4.79 Å². The molecule has 3 heteroatoms. The summed E-state index contributed by atoms with van der Waals surface area (Å²) in [4.78, 5) is 10.6. The molecule has 16 heavy (non-hydrogen) atoms. The molecular weight excluding hydrogens is 227 g/mol. The van der Waals surface area contributed by atoms with Crippen molar-refractivity contribution in [3.8, 4) is 11.1 Å². The summed E-state index contributed by atoms with van der Waals surface area (Å²) in [5.41, 5.74) is 1.30. The highest BCUT2D eigenvalue weighted by atomic mass is 35.5. The highest BCUT2D eigenvalue weighted by Crippen LogP contribution is 2.29. The average molecular weight is 235 g/mol. The molecule has 0 fully saturated rings. The first-order valence-corrected chi connectivity index (χ1v) is 5.10. The minimum Gasteiger partial charge on any atom is -0.298 e. The molecule has 80 valence electrons. The van der Waals surface area contributed by atoms with Crippen molar-refractivity contribution in [2.24, 2.45) is 0 Å². The molecule has 2 aromatic rings. The Morgan fingerprint density at radius 2 is 1.75 bits per heavy atom. The van der Waals surface area contributed by atoms with Gasteiger partial charge in [0.25, 0.3) is 0 Å². The van der Waals surface area contributed by atoms with Gasteiger partial charge in [-0.15, -0.1) is 0 Å². The van der Waals surface area contributed by atoms with E-state index in [4.69, 9.17) is 11.6 Å². The van der Waals surface area contributed by atoms with E-state index in [1.807, 2.05) is 18.2 Å². The van der Waals surface area contributed by atoms with E-state index in [-0.39, 0.29) is 10.6 Å². The third kappa shape index (κ3) is 1.84. The highest BCUT2D eigenvalue weighted by molar-refractivity contribution is 6.33. The van der Waals surface area contributed by atoms with Gasteiger partial charge in [-0.25, -0.2) is 4.39 Å². The number of benzene rings is 2. The van der Waals surface area contributed by atoms with Gasteiger partial charge in [0.15, 0.2) is 6.29 Å². The zero-order valence-corrected chi connectivity index (χ0v) is 9.04. The normalized spacial score (nSPS) is 10.1. The minimum absolute atomic E-state index is 0.128. The minimum atomic E-state index is -0.558. The summed E-state index contributed by atoms with van der Waals surface area (Å²) in [6, 6.07) is 12.1. The van der Waals surface area contributed by atoms with E-state index in [9.17, 15) is 9.18 Å². The molecule has 0 N–H and O–H groups in total. The van der Waals surface area contributed by atoms with Crippen molar-refractivity contribution in [2.75, 3.05) is 0 Å². The average Bonchev–Trinajstić information content (AvgIpc) is 2.34. The number of carbonyl (C=O) groups is 1. The van der Waals surface area contributed by atoms with E-state index < -0.39 is 5.82 Å². The van der Waals surface area contributed by atoms with Crippen LogP contribution in [-0.4, -0.2) is 6.29 Å². The van der Waals surface area contributed by atoms with Gasteiger partial charge >= 0.3 is 0 Å². The Kier molecular flexibility index (Phi) is 3.02. The second kappa shape index (κ2) is 4.45. The molecule has 0 heterocycles. The van der Waals surface area contributed by atoms with Crippen LogP contribution < -0.4 is 0 Å². The van der Waals surface area contributed by atoms with Crippen LogP contribution in [-0.2, 0) is 0 Å². The van der Waals surface area contributed by atoms with E-state index in [1.54, 1.807) is 18.2 Å². The standard InChI is InChI=1S/C13H8ClFO/c14-12-10(8-16)6-7-11(13(12)15)9-4-2-1-3-5-9/h1-8H. The van der Waals surface area contributed by atoms with E-state index in [0.29, 0.717) is 11.8 Å². The number of rotatable bonds is 2. The second-order valence-electron chi connectivity index (χ2n) is 3.31. The summed E-state index contributed by atoms with van der Waals surface area (Å²) in [7, 11) is 0. The van der Waals surface area contributed by atoms with E-state index in [0.717, 1.165) is 5.56 Å². The van der Waals surface area contributed by atoms with Crippen LogP contribution in [0.1, 0.15) is 10.4 Å². The Morgan fingerprint density at radius 3 is 2.38 bits per heavy atom. The fourth-order valence-electron chi connectivity index (χ4n) is 1.50. The summed E-state index contributed by atoms with van der Waals surface area (Å²) in [6.07, 6.45) is 0.542. The first-order chi connectivity index (χ1) is 7.74. The van der Waals surface area contributed by atoms with Crippen LogP contribution in [0.15, 0.2) is 42.5 Å². The molecule has 0 aliphatic carbocycles. The Hall–Kier alpha value is -1.67. The van der Waals surface area contributed by atoms with Gasteiger partial charge in [0, 0.05) is 11.1 Å². The Balaban J connectivity index is 2.60. The van der Waals surface area contributed by atoms with Crippen molar-refractivity contribution in [1.29, 1.82) is 0 Å². The van der Waals surface area contributed by atoms with Crippen molar-refractivity contribution >= 4 is 17.9 Å². The van der Waals surface area contributed by atoms with Crippen molar-refractivity contribution in [3.63, 3.8) is 0 Å². The molecule has 0 aromatic heterocycles. The molecule has 0 spiro atoms. The van der Waals surface area contributed by atoms with Gasteiger partial charge in [-0.1, -0.05) is 48.0 Å². The summed E-state index contributed by atoms with van der Waals surface area (Å²) in [5.74, 6) is -0.558.